The van der Waals surface area contributed by atoms with Crippen LogP contribution in [0.3, 0.4) is 0 Å². The van der Waals surface area contributed by atoms with Crippen LogP contribution in [0.25, 0.3) is 0 Å². The van der Waals surface area contributed by atoms with E-state index in [0.717, 1.165) is 24.1 Å². The lowest BCUT2D eigenvalue weighted by molar-refractivity contribution is 0.0954. The van der Waals surface area contributed by atoms with E-state index in [1.165, 1.54) is 6.42 Å². The van der Waals surface area contributed by atoms with E-state index in [0.29, 0.717) is 23.0 Å². The zero-order valence-electron chi connectivity index (χ0n) is 16.0. The fourth-order valence-electron chi connectivity index (χ4n) is 4.65. The number of benzene rings is 1. The smallest absolute Gasteiger partial charge is 0.267 e. The van der Waals surface area contributed by atoms with Crippen molar-refractivity contribution in [1.82, 2.24) is 15.2 Å². The van der Waals surface area contributed by atoms with Gasteiger partial charge in [-0.25, -0.2) is 5.43 Å². The average Bonchev–Trinajstić information content (AvgIpc) is 3.20. The summed E-state index contributed by atoms with van der Waals surface area (Å²) in [5.74, 6) is 0.508. The fourth-order valence-corrected chi connectivity index (χ4v) is 4.81. The Morgan fingerprint density at radius 2 is 2.07 bits per heavy atom. The second-order valence-corrected chi connectivity index (χ2v) is 8.98. The molecule has 5 nitrogen and oxygen atoms in total. The van der Waals surface area contributed by atoms with Crippen molar-refractivity contribution >= 4 is 23.2 Å². The third-order valence-corrected chi connectivity index (χ3v) is 7.16. The number of hydrogen-bond acceptors (Lipinski definition) is 3. The zero-order valence-corrected chi connectivity index (χ0v) is 16.8. The van der Waals surface area contributed by atoms with Crippen molar-refractivity contribution in [2.45, 2.75) is 46.6 Å². The molecule has 27 heavy (non-hydrogen) atoms. The van der Waals surface area contributed by atoms with Gasteiger partial charge in [0, 0.05) is 22.9 Å². The van der Waals surface area contributed by atoms with E-state index in [2.05, 4.69) is 36.4 Å². The van der Waals surface area contributed by atoms with E-state index < -0.39 is 0 Å². The van der Waals surface area contributed by atoms with Crippen LogP contribution in [0.1, 0.15) is 56.0 Å². The van der Waals surface area contributed by atoms with Gasteiger partial charge in [0.1, 0.15) is 0 Å². The quantitative estimate of drug-likeness (QED) is 0.788. The molecule has 1 heterocycles. The summed E-state index contributed by atoms with van der Waals surface area (Å²) in [4.78, 5) is 12.5. The van der Waals surface area contributed by atoms with Crippen molar-refractivity contribution in [3.05, 3.63) is 52.8 Å². The van der Waals surface area contributed by atoms with Gasteiger partial charge >= 0.3 is 0 Å². The average molecular weight is 385 g/mol. The highest BCUT2D eigenvalue weighted by Crippen LogP contribution is 2.63. The maximum absolute atomic E-state index is 12.5. The number of carbonyl (C=O) groups is 1. The summed E-state index contributed by atoms with van der Waals surface area (Å²) in [5, 5.41) is 9.31. The number of nitrogens with one attached hydrogen (secondary N) is 1. The van der Waals surface area contributed by atoms with Crippen LogP contribution in [0.2, 0.25) is 5.02 Å². The molecule has 0 saturated heterocycles. The first-order valence-electron chi connectivity index (χ1n) is 9.44. The topological polar surface area (TPSA) is 59.3 Å². The standard InChI is InChI=1S/C21H25ClN4O/c1-20(2)16-8-9-21(20,3)18(10-16)24-25-19(27)15-6-4-14(5-7-15)12-26-13-17(22)11-23-26/h4-7,11,13,16H,8-10,12H2,1-3H3,(H,25,27)/b24-18+/t16-,21+/m0/s1. The van der Waals surface area contributed by atoms with Crippen LogP contribution in [0.15, 0.2) is 41.8 Å². The first kappa shape index (κ1) is 18.2. The van der Waals surface area contributed by atoms with Gasteiger partial charge in [0.15, 0.2) is 0 Å². The van der Waals surface area contributed by atoms with Crippen LogP contribution in [0.5, 0.6) is 0 Å². The van der Waals surface area contributed by atoms with E-state index >= 15 is 0 Å². The molecule has 0 aliphatic heterocycles. The van der Waals surface area contributed by atoms with Gasteiger partial charge in [-0.05, 0) is 48.3 Å². The second-order valence-electron chi connectivity index (χ2n) is 8.55. The van der Waals surface area contributed by atoms with Crippen LogP contribution in [-0.4, -0.2) is 21.4 Å². The van der Waals surface area contributed by atoms with Gasteiger partial charge in [-0.3, -0.25) is 9.48 Å². The molecule has 0 unspecified atom stereocenters. The maximum atomic E-state index is 12.5. The monoisotopic (exact) mass is 384 g/mol. The van der Waals surface area contributed by atoms with Gasteiger partial charge in [0.25, 0.3) is 5.91 Å². The molecule has 0 spiro atoms. The summed E-state index contributed by atoms with van der Waals surface area (Å²) >= 11 is 5.88. The van der Waals surface area contributed by atoms with Gasteiger partial charge < -0.3 is 0 Å². The zero-order chi connectivity index (χ0) is 19.2. The number of halogens is 1. The SMILES string of the molecule is CC1(C)[C@H]2CC[C@]1(C)/C(=N/NC(=O)c1ccc(Cn3cc(Cl)cn3)cc1)C2. The summed E-state index contributed by atoms with van der Waals surface area (Å²) in [7, 11) is 0. The molecule has 2 atom stereocenters. The van der Waals surface area contributed by atoms with Crippen molar-refractivity contribution < 1.29 is 4.79 Å². The molecule has 0 radical (unpaired) electrons. The normalized spacial score (nSPS) is 27.3. The van der Waals surface area contributed by atoms with Gasteiger partial charge in [0.2, 0.25) is 0 Å². The molecule has 2 aliphatic rings. The van der Waals surface area contributed by atoms with Crippen molar-refractivity contribution in [2.75, 3.05) is 0 Å². The summed E-state index contributed by atoms with van der Waals surface area (Å²) in [6.45, 7) is 7.58. The van der Waals surface area contributed by atoms with Crippen LogP contribution in [0, 0.1) is 16.7 Å². The van der Waals surface area contributed by atoms with E-state index in [1.807, 2.05) is 24.3 Å². The van der Waals surface area contributed by atoms with Crippen LogP contribution >= 0.6 is 11.6 Å². The summed E-state index contributed by atoms with van der Waals surface area (Å²) in [5.41, 5.74) is 5.93. The Morgan fingerprint density at radius 3 is 2.63 bits per heavy atom. The van der Waals surface area contributed by atoms with E-state index in [1.54, 1.807) is 17.1 Å². The molecular weight excluding hydrogens is 360 g/mol. The molecule has 1 N–H and O–H groups in total. The minimum atomic E-state index is -0.166. The summed E-state index contributed by atoms with van der Waals surface area (Å²) in [6, 6.07) is 7.50. The highest BCUT2D eigenvalue weighted by molar-refractivity contribution is 6.30. The molecule has 142 valence electrons. The number of hydrazone groups is 1. The third-order valence-electron chi connectivity index (χ3n) is 6.97. The molecule has 6 heteroatoms. The molecular formula is C21H25ClN4O. The van der Waals surface area contributed by atoms with Gasteiger partial charge in [-0.1, -0.05) is 44.5 Å². The Balaban J connectivity index is 1.42. The van der Waals surface area contributed by atoms with E-state index in [4.69, 9.17) is 11.6 Å². The van der Waals surface area contributed by atoms with Crippen LogP contribution in [0.4, 0.5) is 0 Å². The Morgan fingerprint density at radius 1 is 1.33 bits per heavy atom. The van der Waals surface area contributed by atoms with Gasteiger partial charge in [-0.15, -0.1) is 0 Å². The van der Waals surface area contributed by atoms with Crippen LogP contribution < -0.4 is 5.43 Å². The predicted octanol–water partition coefficient (Wildman–Crippen LogP) is 4.52. The maximum Gasteiger partial charge on any atom is 0.271 e. The first-order valence-corrected chi connectivity index (χ1v) is 9.82. The largest absolute Gasteiger partial charge is 0.271 e. The Bertz CT molecular complexity index is 899. The van der Waals surface area contributed by atoms with Gasteiger partial charge in [0.05, 0.1) is 17.8 Å². The number of rotatable bonds is 4. The molecule has 2 aromatic rings. The lowest BCUT2D eigenvalue weighted by Gasteiger charge is -2.34. The minimum Gasteiger partial charge on any atom is -0.267 e. The number of fused-ring (bicyclic) bond motifs is 2. The predicted molar refractivity (Wildman–Crippen MR) is 107 cm³/mol. The molecule has 1 aromatic carbocycles. The third kappa shape index (κ3) is 3.08. The molecule has 2 saturated carbocycles. The Kier molecular flexibility index (Phi) is 4.38. The lowest BCUT2D eigenvalue weighted by atomic mass is 9.70. The fraction of sp³-hybridized carbons (Fsp3) is 0.476. The first-order chi connectivity index (χ1) is 12.8. The number of hydrogen-bond donors (Lipinski definition) is 1. The molecule has 2 bridgehead atoms. The Labute approximate surface area is 164 Å². The van der Waals surface area contributed by atoms with E-state index in [-0.39, 0.29) is 16.7 Å². The van der Waals surface area contributed by atoms with Crippen LogP contribution in [-0.2, 0) is 6.54 Å². The lowest BCUT2D eigenvalue weighted by Crippen LogP contribution is -2.34. The van der Waals surface area contributed by atoms with E-state index in [9.17, 15) is 4.79 Å². The molecule has 1 amide bonds. The Hall–Kier alpha value is -2.14. The molecule has 2 fully saturated rings. The number of nitrogens with zero attached hydrogens (tertiary/aromatic N) is 3. The van der Waals surface area contributed by atoms with Crippen molar-refractivity contribution in [3.63, 3.8) is 0 Å². The molecule has 2 aliphatic carbocycles. The van der Waals surface area contributed by atoms with Crippen molar-refractivity contribution in [3.8, 4) is 0 Å². The van der Waals surface area contributed by atoms with Crippen molar-refractivity contribution in [1.29, 1.82) is 0 Å². The molecule has 1 aromatic heterocycles. The number of amides is 1. The number of aromatic nitrogens is 2. The summed E-state index contributed by atoms with van der Waals surface area (Å²) in [6.07, 6.45) is 6.80. The van der Waals surface area contributed by atoms with Crippen molar-refractivity contribution in [2.24, 2.45) is 21.8 Å². The molecule has 4 rings (SSSR count). The minimum absolute atomic E-state index is 0.0971. The second kappa shape index (κ2) is 6.48. The number of carbonyl (C=O) groups excluding carboxylic acids is 1. The summed E-state index contributed by atoms with van der Waals surface area (Å²) < 4.78 is 1.76. The highest BCUT2D eigenvalue weighted by atomic mass is 35.5. The highest BCUT2D eigenvalue weighted by Gasteiger charge is 2.60. The van der Waals surface area contributed by atoms with Gasteiger partial charge in [-0.2, -0.15) is 10.2 Å².